The van der Waals surface area contributed by atoms with Crippen LogP contribution in [0.15, 0.2) is 21.5 Å². The SMILES string of the molecule is COc1nn2cc(Br)cc2c(=O)n1CCNCC(=O)OC(C)(C)C. The van der Waals surface area contributed by atoms with Crippen molar-refractivity contribution in [3.05, 3.63) is 27.1 Å². The molecule has 1 N–H and O–H groups in total. The van der Waals surface area contributed by atoms with E-state index in [1.54, 1.807) is 12.3 Å². The summed E-state index contributed by atoms with van der Waals surface area (Å²) in [6.07, 6.45) is 1.68. The van der Waals surface area contributed by atoms with Gasteiger partial charge >= 0.3 is 12.0 Å². The molecule has 24 heavy (non-hydrogen) atoms. The maximum absolute atomic E-state index is 12.5. The van der Waals surface area contributed by atoms with Crippen LogP contribution in [0.2, 0.25) is 0 Å². The number of rotatable bonds is 6. The van der Waals surface area contributed by atoms with E-state index in [2.05, 4.69) is 26.3 Å². The van der Waals surface area contributed by atoms with E-state index in [4.69, 9.17) is 9.47 Å². The Morgan fingerprint density at radius 3 is 2.75 bits per heavy atom. The standard InChI is InChI=1S/C15H21BrN4O4/c1-15(2,3)24-12(21)8-17-5-6-19-13(22)11-7-10(16)9-20(11)18-14(19)23-4/h7,9,17H,5-6,8H2,1-4H3. The molecule has 8 nitrogen and oxygen atoms in total. The first-order valence-electron chi connectivity index (χ1n) is 7.46. The molecule has 0 aromatic carbocycles. The largest absolute Gasteiger partial charge is 0.467 e. The van der Waals surface area contributed by atoms with Gasteiger partial charge in [0.15, 0.2) is 0 Å². The predicted molar refractivity (Wildman–Crippen MR) is 92.4 cm³/mol. The van der Waals surface area contributed by atoms with Crippen LogP contribution in [0, 0.1) is 0 Å². The molecule has 0 amide bonds. The monoisotopic (exact) mass is 400 g/mol. The van der Waals surface area contributed by atoms with Crippen LogP contribution in [-0.2, 0) is 16.1 Å². The zero-order valence-electron chi connectivity index (χ0n) is 14.1. The minimum absolute atomic E-state index is 0.0701. The molecule has 0 aliphatic rings. The van der Waals surface area contributed by atoms with Gasteiger partial charge in [-0.2, -0.15) is 0 Å². The Morgan fingerprint density at radius 2 is 2.12 bits per heavy atom. The second kappa shape index (κ2) is 7.35. The van der Waals surface area contributed by atoms with Gasteiger partial charge in [0, 0.05) is 23.8 Å². The molecule has 9 heteroatoms. The zero-order valence-corrected chi connectivity index (χ0v) is 15.7. The Kier molecular flexibility index (Phi) is 5.66. The summed E-state index contributed by atoms with van der Waals surface area (Å²) in [5.41, 5.74) is -0.294. The Balaban J connectivity index is 2.03. The van der Waals surface area contributed by atoms with Crippen molar-refractivity contribution in [1.82, 2.24) is 19.5 Å². The molecule has 0 saturated carbocycles. The van der Waals surface area contributed by atoms with Gasteiger partial charge in [0.25, 0.3) is 5.56 Å². The number of nitrogens with zero attached hydrogens (tertiary/aromatic N) is 3. The quantitative estimate of drug-likeness (QED) is 0.578. The lowest BCUT2D eigenvalue weighted by Gasteiger charge is -2.19. The first-order chi connectivity index (χ1) is 11.2. The summed E-state index contributed by atoms with van der Waals surface area (Å²) < 4.78 is 14.0. The highest BCUT2D eigenvalue weighted by Gasteiger charge is 2.16. The number of methoxy groups -OCH3 is 1. The van der Waals surface area contributed by atoms with E-state index in [0.717, 1.165) is 4.47 Å². The first kappa shape index (κ1) is 18.5. The first-order valence-corrected chi connectivity index (χ1v) is 8.26. The third-order valence-corrected chi connectivity index (χ3v) is 3.47. The molecule has 132 valence electrons. The molecular formula is C15H21BrN4O4. The highest BCUT2D eigenvalue weighted by Crippen LogP contribution is 2.14. The van der Waals surface area contributed by atoms with Gasteiger partial charge in [0.1, 0.15) is 11.1 Å². The van der Waals surface area contributed by atoms with Crippen LogP contribution in [0.5, 0.6) is 6.01 Å². The molecule has 2 heterocycles. The summed E-state index contributed by atoms with van der Waals surface area (Å²) in [6.45, 7) is 6.22. The van der Waals surface area contributed by atoms with Gasteiger partial charge in [0.05, 0.1) is 13.7 Å². The van der Waals surface area contributed by atoms with Crippen LogP contribution in [0.4, 0.5) is 0 Å². The highest BCUT2D eigenvalue weighted by molar-refractivity contribution is 9.10. The van der Waals surface area contributed by atoms with Crippen molar-refractivity contribution >= 4 is 27.4 Å². The van der Waals surface area contributed by atoms with Gasteiger partial charge in [-0.25, -0.2) is 4.52 Å². The van der Waals surface area contributed by atoms with E-state index in [-0.39, 0.29) is 24.1 Å². The molecular weight excluding hydrogens is 380 g/mol. The predicted octanol–water partition coefficient (Wildman–Crippen LogP) is 1.20. The van der Waals surface area contributed by atoms with Crippen molar-refractivity contribution in [3.8, 4) is 6.01 Å². The summed E-state index contributed by atoms with van der Waals surface area (Å²) in [6, 6.07) is 1.90. The number of hydrogen-bond donors (Lipinski definition) is 1. The smallest absolute Gasteiger partial charge is 0.320 e. The van der Waals surface area contributed by atoms with Crippen molar-refractivity contribution in [2.24, 2.45) is 0 Å². The Morgan fingerprint density at radius 1 is 1.42 bits per heavy atom. The second-order valence-electron chi connectivity index (χ2n) is 6.19. The summed E-state index contributed by atoms with van der Waals surface area (Å²) >= 11 is 3.32. The summed E-state index contributed by atoms with van der Waals surface area (Å²) in [4.78, 5) is 24.2. The number of hydrogen-bond acceptors (Lipinski definition) is 6. The average Bonchev–Trinajstić information content (AvgIpc) is 2.84. The Hall–Kier alpha value is -1.87. The molecule has 0 saturated heterocycles. The molecule has 2 aromatic heterocycles. The van der Waals surface area contributed by atoms with Crippen molar-refractivity contribution in [3.63, 3.8) is 0 Å². The number of nitrogens with one attached hydrogen (secondary N) is 1. The lowest BCUT2D eigenvalue weighted by atomic mass is 10.2. The number of fused-ring (bicyclic) bond motifs is 1. The number of halogens is 1. The molecule has 0 unspecified atom stereocenters. The lowest BCUT2D eigenvalue weighted by molar-refractivity contribution is -0.153. The number of aromatic nitrogens is 3. The second-order valence-corrected chi connectivity index (χ2v) is 7.11. The topological polar surface area (TPSA) is 86.9 Å². The van der Waals surface area contributed by atoms with Crippen molar-refractivity contribution in [1.29, 1.82) is 0 Å². The third-order valence-electron chi connectivity index (χ3n) is 3.04. The van der Waals surface area contributed by atoms with Gasteiger partial charge in [-0.1, -0.05) is 0 Å². The van der Waals surface area contributed by atoms with E-state index in [1.165, 1.54) is 16.2 Å². The Bertz CT molecular complexity index is 791. The van der Waals surface area contributed by atoms with Crippen LogP contribution < -0.4 is 15.6 Å². The molecule has 0 bridgehead atoms. The zero-order chi connectivity index (χ0) is 17.9. The number of ether oxygens (including phenoxy) is 2. The van der Waals surface area contributed by atoms with E-state index >= 15 is 0 Å². The van der Waals surface area contributed by atoms with E-state index < -0.39 is 5.60 Å². The molecule has 2 aromatic rings. The number of esters is 1. The summed E-state index contributed by atoms with van der Waals surface area (Å²) in [5, 5.41) is 7.20. The van der Waals surface area contributed by atoms with Gasteiger partial charge in [-0.15, -0.1) is 5.10 Å². The highest BCUT2D eigenvalue weighted by atomic mass is 79.9. The van der Waals surface area contributed by atoms with Crippen LogP contribution in [0.1, 0.15) is 20.8 Å². The van der Waals surface area contributed by atoms with Crippen molar-refractivity contribution in [2.45, 2.75) is 32.9 Å². The van der Waals surface area contributed by atoms with Crippen molar-refractivity contribution < 1.29 is 14.3 Å². The summed E-state index contributed by atoms with van der Waals surface area (Å²) in [5.74, 6) is -0.342. The molecule has 0 radical (unpaired) electrons. The molecule has 0 spiro atoms. The fraction of sp³-hybridized carbons (Fsp3) is 0.533. The van der Waals surface area contributed by atoms with Gasteiger partial charge in [-0.3, -0.25) is 14.2 Å². The van der Waals surface area contributed by atoms with Crippen molar-refractivity contribution in [2.75, 3.05) is 20.2 Å². The molecule has 0 fully saturated rings. The minimum atomic E-state index is -0.518. The molecule has 0 aliphatic carbocycles. The third kappa shape index (κ3) is 4.57. The maximum Gasteiger partial charge on any atom is 0.320 e. The minimum Gasteiger partial charge on any atom is -0.467 e. The van der Waals surface area contributed by atoms with Gasteiger partial charge in [0.2, 0.25) is 0 Å². The fourth-order valence-corrected chi connectivity index (χ4v) is 2.55. The lowest BCUT2D eigenvalue weighted by Crippen LogP contribution is -2.34. The van der Waals surface area contributed by atoms with E-state index in [9.17, 15) is 9.59 Å². The average molecular weight is 401 g/mol. The number of carbonyl (C=O) groups is 1. The van der Waals surface area contributed by atoms with Crippen LogP contribution in [0.25, 0.3) is 5.52 Å². The fourth-order valence-electron chi connectivity index (χ4n) is 2.14. The van der Waals surface area contributed by atoms with Crippen LogP contribution in [-0.4, -0.2) is 46.0 Å². The Labute approximate surface area is 147 Å². The van der Waals surface area contributed by atoms with Gasteiger partial charge in [-0.05, 0) is 42.8 Å². The normalized spacial score (nSPS) is 11.7. The molecule has 0 atom stereocenters. The number of carbonyl (C=O) groups excluding carboxylic acids is 1. The van der Waals surface area contributed by atoms with E-state index in [0.29, 0.717) is 18.6 Å². The molecule has 0 aliphatic heterocycles. The van der Waals surface area contributed by atoms with Gasteiger partial charge < -0.3 is 14.8 Å². The van der Waals surface area contributed by atoms with Crippen LogP contribution >= 0.6 is 15.9 Å². The summed E-state index contributed by atoms with van der Waals surface area (Å²) in [7, 11) is 1.46. The van der Waals surface area contributed by atoms with Crippen LogP contribution in [0.3, 0.4) is 0 Å². The van der Waals surface area contributed by atoms with E-state index in [1.807, 2.05) is 20.8 Å². The molecule has 2 rings (SSSR count). The maximum atomic E-state index is 12.5.